The molecule has 1 fully saturated rings. The summed E-state index contributed by atoms with van der Waals surface area (Å²) in [5, 5.41) is 14.1. The Bertz CT molecular complexity index is 460. The van der Waals surface area contributed by atoms with Gasteiger partial charge in [-0.15, -0.1) is 0 Å². The van der Waals surface area contributed by atoms with Crippen molar-refractivity contribution >= 4 is 5.69 Å². The second-order valence-corrected chi connectivity index (χ2v) is 4.92. The van der Waals surface area contributed by atoms with E-state index in [1.54, 1.807) is 12.1 Å². The highest BCUT2D eigenvalue weighted by Crippen LogP contribution is 2.30. The highest BCUT2D eigenvalue weighted by Gasteiger charge is 2.21. The topological polar surface area (TPSA) is 73.6 Å². The Balaban J connectivity index is 1.95. The molecule has 0 bridgehead atoms. The maximum atomic E-state index is 11.0. The number of ether oxygens (including phenoxy) is 2. The molecule has 0 radical (unpaired) electrons. The standard InChI is InChI=1S/C14H20N2O4/c1-2-15-8-12-5-6-13(16(17)18)14(7-12)20-10-19-9-11-3-4-11/h5-7,11,15H,2-4,8-10H2,1H3. The Hall–Kier alpha value is -1.66. The summed E-state index contributed by atoms with van der Waals surface area (Å²) in [4.78, 5) is 10.5. The normalized spacial score (nSPS) is 14.2. The number of hydrogen-bond donors (Lipinski definition) is 1. The van der Waals surface area contributed by atoms with Crippen molar-refractivity contribution in [3.8, 4) is 5.75 Å². The van der Waals surface area contributed by atoms with E-state index < -0.39 is 4.92 Å². The van der Waals surface area contributed by atoms with Gasteiger partial charge in [0.15, 0.2) is 12.5 Å². The number of benzene rings is 1. The molecule has 0 saturated heterocycles. The number of rotatable bonds is 9. The zero-order valence-electron chi connectivity index (χ0n) is 11.6. The lowest BCUT2D eigenvalue weighted by molar-refractivity contribution is -0.386. The lowest BCUT2D eigenvalue weighted by atomic mass is 10.2. The number of nitrogens with zero attached hydrogens (tertiary/aromatic N) is 1. The first-order chi connectivity index (χ1) is 9.70. The van der Waals surface area contributed by atoms with Gasteiger partial charge in [-0.2, -0.15) is 0 Å². The Morgan fingerprint density at radius 3 is 2.90 bits per heavy atom. The molecule has 6 nitrogen and oxygen atoms in total. The van der Waals surface area contributed by atoms with Gasteiger partial charge in [-0.25, -0.2) is 0 Å². The second kappa shape index (κ2) is 7.21. The lowest BCUT2D eigenvalue weighted by Gasteiger charge is -2.09. The summed E-state index contributed by atoms with van der Waals surface area (Å²) < 4.78 is 10.8. The van der Waals surface area contributed by atoms with E-state index in [0.717, 1.165) is 12.1 Å². The molecule has 0 heterocycles. The van der Waals surface area contributed by atoms with Gasteiger partial charge < -0.3 is 14.8 Å². The molecular weight excluding hydrogens is 260 g/mol. The van der Waals surface area contributed by atoms with Crippen molar-refractivity contribution in [2.45, 2.75) is 26.3 Å². The van der Waals surface area contributed by atoms with E-state index in [4.69, 9.17) is 9.47 Å². The zero-order chi connectivity index (χ0) is 14.4. The molecule has 0 spiro atoms. The SMILES string of the molecule is CCNCc1ccc([N+](=O)[O-])c(OCOCC2CC2)c1. The number of nitro benzene ring substituents is 1. The summed E-state index contributed by atoms with van der Waals surface area (Å²) >= 11 is 0. The predicted octanol–water partition coefficient (Wildman–Crippen LogP) is 2.47. The van der Waals surface area contributed by atoms with Crippen LogP contribution in [0, 0.1) is 16.0 Å². The van der Waals surface area contributed by atoms with E-state index in [2.05, 4.69) is 5.32 Å². The maximum absolute atomic E-state index is 11.0. The van der Waals surface area contributed by atoms with E-state index >= 15 is 0 Å². The smallest absolute Gasteiger partial charge is 0.311 e. The van der Waals surface area contributed by atoms with Crippen molar-refractivity contribution < 1.29 is 14.4 Å². The second-order valence-electron chi connectivity index (χ2n) is 4.92. The highest BCUT2D eigenvalue weighted by atomic mass is 16.7. The van der Waals surface area contributed by atoms with Gasteiger partial charge in [0.2, 0.25) is 0 Å². The van der Waals surface area contributed by atoms with Crippen LogP contribution in [0.3, 0.4) is 0 Å². The van der Waals surface area contributed by atoms with Crippen molar-refractivity contribution in [1.29, 1.82) is 0 Å². The van der Waals surface area contributed by atoms with Gasteiger partial charge in [-0.05, 0) is 36.9 Å². The van der Waals surface area contributed by atoms with Gasteiger partial charge in [0, 0.05) is 12.6 Å². The molecule has 0 amide bonds. The van der Waals surface area contributed by atoms with E-state index in [-0.39, 0.29) is 18.2 Å². The van der Waals surface area contributed by atoms with Crippen molar-refractivity contribution in [3.63, 3.8) is 0 Å². The van der Waals surface area contributed by atoms with Crippen molar-refractivity contribution in [3.05, 3.63) is 33.9 Å². The third-order valence-electron chi connectivity index (χ3n) is 3.15. The summed E-state index contributed by atoms with van der Waals surface area (Å²) in [6.07, 6.45) is 2.41. The molecule has 0 aromatic heterocycles. The number of nitro groups is 1. The first-order valence-corrected chi connectivity index (χ1v) is 6.89. The van der Waals surface area contributed by atoms with Gasteiger partial charge in [0.25, 0.3) is 0 Å². The van der Waals surface area contributed by atoms with Crippen LogP contribution in [0.1, 0.15) is 25.3 Å². The molecular formula is C14H20N2O4. The van der Waals surface area contributed by atoms with Crippen molar-refractivity contribution in [2.75, 3.05) is 19.9 Å². The summed E-state index contributed by atoms with van der Waals surface area (Å²) in [7, 11) is 0. The monoisotopic (exact) mass is 280 g/mol. The average molecular weight is 280 g/mol. The van der Waals surface area contributed by atoms with Crippen molar-refractivity contribution in [1.82, 2.24) is 5.32 Å². The third-order valence-corrected chi connectivity index (χ3v) is 3.15. The molecule has 1 aliphatic rings. The average Bonchev–Trinajstić information content (AvgIpc) is 3.25. The third kappa shape index (κ3) is 4.47. The first-order valence-electron chi connectivity index (χ1n) is 6.89. The van der Waals surface area contributed by atoms with Crippen LogP contribution in [0.15, 0.2) is 18.2 Å². The van der Waals surface area contributed by atoms with Crippen LogP contribution < -0.4 is 10.1 Å². The molecule has 20 heavy (non-hydrogen) atoms. The first kappa shape index (κ1) is 14.7. The van der Waals surface area contributed by atoms with Gasteiger partial charge in [0.05, 0.1) is 11.5 Å². The number of hydrogen-bond acceptors (Lipinski definition) is 5. The maximum Gasteiger partial charge on any atom is 0.311 e. The molecule has 0 unspecified atom stereocenters. The van der Waals surface area contributed by atoms with Gasteiger partial charge in [0.1, 0.15) is 0 Å². The molecule has 1 aromatic carbocycles. The predicted molar refractivity (Wildman–Crippen MR) is 74.6 cm³/mol. The highest BCUT2D eigenvalue weighted by molar-refractivity contribution is 5.48. The number of nitrogens with one attached hydrogen (secondary N) is 1. The quantitative estimate of drug-likeness (QED) is 0.325. The molecule has 1 saturated carbocycles. The zero-order valence-corrected chi connectivity index (χ0v) is 11.6. The lowest BCUT2D eigenvalue weighted by Crippen LogP contribution is -2.12. The van der Waals surface area contributed by atoms with Crippen LogP contribution in [0.4, 0.5) is 5.69 Å². The molecule has 0 aliphatic heterocycles. The summed E-state index contributed by atoms with van der Waals surface area (Å²) in [6.45, 7) is 4.24. The summed E-state index contributed by atoms with van der Waals surface area (Å²) in [5.74, 6) is 0.912. The molecule has 110 valence electrons. The van der Waals surface area contributed by atoms with Gasteiger partial charge >= 0.3 is 5.69 Å². The van der Waals surface area contributed by atoms with Crippen LogP contribution in [-0.4, -0.2) is 24.9 Å². The fourth-order valence-corrected chi connectivity index (χ4v) is 1.81. The summed E-state index contributed by atoms with van der Waals surface area (Å²) in [5.41, 5.74) is 0.926. The summed E-state index contributed by atoms with van der Waals surface area (Å²) in [6, 6.07) is 4.91. The van der Waals surface area contributed by atoms with Crippen LogP contribution in [-0.2, 0) is 11.3 Å². The minimum absolute atomic E-state index is 0.0275. The Labute approximate surface area is 118 Å². The molecule has 1 aromatic rings. The van der Waals surface area contributed by atoms with Crippen LogP contribution in [0.5, 0.6) is 5.75 Å². The van der Waals surface area contributed by atoms with Gasteiger partial charge in [-0.3, -0.25) is 10.1 Å². The minimum Gasteiger partial charge on any atom is -0.460 e. The molecule has 1 aliphatic carbocycles. The van der Waals surface area contributed by atoms with Crippen LogP contribution in [0.25, 0.3) is 0 Å². The fraction of sp³-hybridized carbons (Fsp3) is 0.571. The van der Waals surface area contributed by atoms with Crippen molar-refractivity contribution in [2.24, 2.45) is 5.92 Å². The van der Waals surface area contributed by atoms with Gasteiger partial charge in [-0.1, -0.05) is 13.0 Å². The molecule has 2 rings (SSSR count). The fourth-order valence-electron chi connectivity index (χ4n) is 1.81. The largest absolute Gasteiger partial charge is 0.460 e. The molecule has 0 atom stereocenters. The van der Waals surface area contributed by atoms with E-state index in [1.165, 1.54) is 18.9 Å². The van der Waals surface area contributed by atoms with E-state index in [0.29, 0.717) is 19.1 Å². The van der Waals surface area contributed by atoms with E-state index in [1.807, 2.05) is 6.92 Å². The van der Waals surface area contributed by atoms with Crippen LogP contribution >= 0.6 is 0 Å². The minimum atomic E-state index is -0.437. The molecule has 1 N–H and O–H groups in total. The Kier molecular flexibility index (Phi) is 5.31. The Morgan fingerprint density at radius 1 is 1.45 bits per heavy atom. The molecule has 6 heteroatoms. The van der Waals surface area contributed by atoms with E-state index in [9.17, 15) is 10.1 Å². The Morgan fingerprint density at radius 2 is 2.25 bits per heavy atom. The van der Waals surface area contributed by atoms with Crippen LogP contribution in [0.2, 0.25) is 0 Å².